The fourth-order valence-electron chi connectivity index (χ4n) is 2.88. The predicted octanol–water partition coefficient (Wildman–Crippen LogP) is 2.09. The van der Waals surface area contributed by atoms with Crippen molar-refractivity contribution in [2.24, 2.45) is 0 Å². The lowest BCUT2D eigenvalue weighted by atomic mass is 10.2. The van der Waals surface area contributed by atoms with Crippen LogP contribution in [0.15, 0.2) is 24.4 Å². The third kappa shape index (κ3) is 2.51. The van der Waals surface area contributed by atoms with Crippen LogP contribution >= 0.6 is 0 Å². The molecule has 2 aromatic heterocycles. The van der Waals surface area contributed by atoms with Gasteiger partial charge in [0.2, 0.25) is 0 Å². The zero-order valence-electron chi connectivity index (χ0n) is 12.6. The van der Waals surface area contributed by atoms with Crippen molar-refractivity contribution in [1.29, 1.82) is 0 Å². The van der Waals surface area contributed by atoms with Crippen LogP contribution < -0.4 is 0 Å². The van der Waals surface area contributed by atoms with Crippen molar-refractivity contribution in [2.75, 3.05) is 26.3 Å². The number of hydrogen-bond acceptors (Lipinski definition) is 4. The van der Waals surface area contributed by atoms with Gasteiger partial charge in [-0.1, -0.05) is 6.07 Å². The second-order valence-corrected chi connectivity index (χ2v) is 5.75. The van der Waals surface area contributed by atoms with E-state index < -0.39 is 0 Å². The van der Waals surface area contributed by atoms with Gasteiger partial charge in [0.05, 0.1) is 30.4 Å². The summed E-state index contributed by atoms with van der Waals surface area (Å²) in [6.45, 7) is 6.64. The van der Waals surface area contributed by atoms with Crippen LogP contribution in [0.4, 0.5) is 0 Å². The maximum atomic E-state index is 5.40. The zero-order chi connectivity index (χ0) is 14.9. The first kappa shape index (κ1) is 13.5. The lowest BCUT2D eigenvalue weighted by molar-refractivity contribution is 0.0342. The van der Waals surface area contributed by atoms with E-state index in [1.54, 1.807) is 0 Å². The van der Waals surface area contributed by atoms with Gasteiger partial charge in [-0.3, -0.25) is 10.00 Å². The number of aromatic amines is 2. The zero-order valence-corrected chi connectivity index (χ0v) is 12.6. The number of rotatable bonds is 3. The van der Waals surface area contributed by atoms with Crippen LogP contribution in [-0.4, -0.2) is 51.4 Å². The molecular weight excluding hydrogens is 278 g/mol. The van der Waals surface area contributed by atoms with E-state index in [-0.39, 0.29) is 0 Å². The summed E-state index contributed by atoms with van der Waals surface area (Å²) in [4.78, 5) is 10.5. The van der Waals surface area contributed by atoms with Crippen LogP contribution in [-0.2, 0) is 11.3 Å². The Balaban J connectivity index is 1.62. The number of benzene rings is 1. The van der Waals surface area contributed by atoms with Gasteiger partial charge in [0, 0.05) is 19.6 Å². The van der Waals surface area contributed by atoms with E-state index in [1.807, 2.05) is 13.1 Å². The van der Waals surface area contributed by atoms with Crippen molar-refractivity contribution >= 4 is 11.0 Å². The van der Waals surface area contributed by atoms with Crippen molar-refractivity contribution in [1.82, 2.24) is 25.1 Å². The van der Waals surface area contributed by atoms with Gasteiger partial charge < -0.3 is 9.72 Å². The maximum Gasteiger partial charge on any atom is 0.156 e. The molecule has 1 saturated heterocycles. The number of H-pyrrole nitrogens is 2. The minimum absolute atomic E-state index is 0.829. The number of aryl methyl sites for hydroxylation is 1. The fraction of sp³-hybridized carbons (Fsp3) is 0.375. The molecule has 1 fully saturated rings. The summed E-state index contributed by atoms with van der Waals surface area (Å²) < 4.78 is 5.40. The smallest absolute Gasteiger partial charge is 0.156 e. The quantitative estimate of drug-likeness (QED) is 0.776. The van der Waals surface area contributed by atoms with Gasteiger partial charge in [-0.2, -0.15) is 5.10 Å². The third-order valence-corrected chi connectivity index (χ3v) is 4.12. The summed E-state index contributed by atoms with van der Waals surface area (Å²) in [5.74, 6) is 0.841. The number of imidazole rings is 1. The van der Waals surface area contributed by atoms with Crippen molar-refractivity contribution in [2.45, 2.75) is 13.5 Å². The molecule has 114 valence electrons. The average Bonchev–Trinajstić information content (AvgIpc) is 3.13. The second kappa shape index (κ2) is 5.55. The summed E-state index contributed by atoms with van der Waals surface area (Å²) in [5, 5.41) is 7.06. The van der Waals surface area contributed by atoms with Crippen molar-refractivity contribution in [3.63, 3.8) is 0 Å². The highest BCUT2D eigenvalue weighted by Gasteiger charge is 2.13. The minimum atomic E-state index is 0.829. The third-order valence-electron chi connectivity index (χ3n) is 4.12. The molecule has 0 unspecified atom stereocenters. The molecule has 0 spiro atoms. The van der Waals surface area contributed by atoms with Crippen LogP contribution in [0.25, 0.3) is 22.6 Å². The molecule has 1 aliphatic heterocycles. The molecule has 1 aromatic carbocycles. The summed E-state index contributed by atoms with van der Waals surface area (Å²) >= 11 is 0. The van der Waals surface area contributed by atoms with Gasteiger partial charge in [0.15, 0.2) is 5.82 Å². The lowest BCUT2D eigenvalue weighted by Crippen LogP contribution is -2.35. The van der Waals surface area contributed by atoms with E-state index in [0.717, 1.165) is 61.0 Å². The van der Waals surface area contributed by atoms with Gasteiger partial charge in [0.1, 0.15) is 5.69 Å². The molecule has 4 rings (SSSR count). The lowest BCUT2D eigenvalue weighted by Gasteiger charge is -2.26. The normalized spacial score (nSPS) is 16.4. The van der Waals surface area contributed by atoms with E-state index >= 15 is 0 Å². The highest BCUT2D eigenvalue weighted by molar-refractivity contribution is 5.79. The summed E-state index contributed by atoms with van der Waals surface area (Å²) in [6, 6.07) is 6.42. The maximum absolute atomic E-state index is 5.40. The van der Waals surface area contributed by atoms with Crippen molar-refractivity contribution in [3.8, 4) is 11.5 Å². The van der Waals surface area contributed by atoms with Gasteiger partial charge >= 0.3 is 0 Å². The molecule has 0 bridgehead atoms. The number of fused-ring (bicyclic) bond motifs is 1. The molecule has 6 nitrogen and oxygen atoms in total. The number of morpholine rings is 1. The van der Waals surface area contributed by atoms with Crippen LogP contribution in [0.1, 0.15) is 11.1 Å². The van der Waals surface area contributed by atoms with E-state index in [0.29, 0.717) is 0 Å². The Morgan fingerprint density at radius 3 is 2.91 bits per heavy atom. The summed E-state index contributed by atoms with van der Waals surface area (Å²) in [5.41, 5.74) is 5.38. The average molecular weight is 297 g/mol. The molecule has 3 aromatic rings. The standard InChI is InChI=1S/C16H19N5O/c1-11-9-17-20-15(11)16-18-13-3-2-12(8-14(13)19-16)10-21-4-6-22-7-5-21/h2-3,8-9H,4-7,10H2,1H3,(H,17,20)(H,18,19). The molecule has 0 saturated carbocycles. The van der Waals surface area contributed by atoms with Gasteiger partial charge in [-0.25, -0.2) is 4.98 Å². The molecule has 1 aliphatic rings. The molecule has 3 heterocycles. The number of hydrogen-bond donors (Lipinski definition) is 2. The van der Waals surface area contributed by atoms with E-state index in [2.05, 4.69) is 43.3 Å². The SMILES string of the molecule is Cc1cn[nH]c1-c1nc2ccc(CN3CCOCC3)cc2[nH]1. The Hall–Kier alpha value is -2.18. The first-order chi connectivity index (χ1) is 10.8. The van der Waals surface area contributed by atoms with Gasteiger partial charge in [-0.15, -0.1) is 0 Å². The topological polar surface area (TPSA) is 69.8 Å². The first-order valence-electron chi connectivity index (χ1n) is 7.59. The van der Waals surface area contributed by atoms with E-state index in [9.17, 15) is 0 Å². The predicted molar refractivity (Wildman–Crippen MR) is 84.5 cm³/mol. The van der Waals surface area contributed by atoms with Crippen LogP contribution in [0, 0.1) is 6.92 Å². The summed E-state index contributed by atoms with van der Waals surface area (Å²) in [6.07, 6.45) is 1.81. The molecule has 0 aliphatic carbocycles. The Kier molecular flexibility index (Phi) is 3.40. The Labute approximate surface area is 128 Å². The van der Waals surface area contributed by atoms with Crippen molar-refractivity contribution < 1.29 is 4.74 Å². The largest absolute Gasteiger partial charge is 0.379 e. The first-order valence-corrected chi connectivity index (χ1v) is 7.59. The Morgan fingerprint density at radius 2 is 2.14 bits per heavy atom. The second-order valence-electron chi connectivity index (χ2n) is 5.75. The molecule has 0 atom stereocenters. The highest BCUT2D eigenvalue weighted by Crippen LogP contribution is 2.22. The molecule has 6 heteroatoms. The molecular formula is C16H19N5O. The van der Waals surface area contributed by atoms with Gasteiger partial charge in [0.25, 0.3) is 0 Å². The monoisotopic (exact) mass is 297 g/mol. The molecule has 0 amide bonds. The van der Waals surface area contributed by atoms with E-state index in [4.69, 9.17) is 4.74 Å². The summed E-state index contributed by atoms with van der Waals surface area (Å²) in [7, 11) is 0. The minimum Gasteiger partial charge on any atom is -0.379 e. The Bertz CT molecular complexity index is 785. The Morgan fingerprint density at radius 1 is 1.27 bits per heavy atom. The molecule has 22 heavy (non-hydrogen) atoms. The fourth-order valence-corrected chi connectivity index (χ4v) is 2.88. The van der Waals surface area contributed by atoms with Crippen LogP contribution in [0.3, 0.4) is 0 Å². The molecule has 2 N–H and O–H groups in total. The van der Waals surface area contributed by atoms with Crippen LogP contribution in [0.2, 0.25) is 0 Å². The number of ether oxygens (including phenoxy) is 1. The highest BCUT2D eigenvalue weighted by atomic mass is 16.5. The number of nitrogens with one attached hydrogen (secondary N) is 2. The van der Waals surface area contributed by atoms with Crippen LogP contribution in [0.5, 0.6) is 0 Å². The molecule has 0 radical (unpaired) electrons. The number of nitrogens with zero attached hydrogens (tertiary/aromatic N) is 3. The number of aromatic nitrogens is 4. The van der Waals surface area contributed by atoms with Gasteiger partial charge in [-0.05, 0) is 30.2 Å². The van der Waals surface area contributed by atoms with Crippen molar-refractivity contribution in [3.05, 3.63) is 35.5 Å². The van der Waals surface area contributed by atoms with E-state index in [1.165, 1.54) is 5.56 Å².